The maximum absolute atomic E-state index is 5.43. The molecule has 0 saturated carbocycles. The quantitative estimate of drug-likeness (QED) is 0.416. The van der Waals surface area contributed by atoms with Crippen LogP contribution in [0.25, 0.3) is 0 Å². The molecular weight excluding hydrogens is 218 g/mol. The van der Waals surface area contributed by atoms with Gasteiger partial charge in [0.15, 0.2) is 0 Å². The van der Waals surface area contributed by atoms with Gasteiger partial charge >= 0.3 is 0 Å². The lowest BCUT2D eigenvalue weighted by molar-refractivity contribution is 0.154. The van der Waals surface area contributed by atoms with Gasteiger partial charge in [-0.25, -0.2) is 15.8 Å². The molecule has 6 nitrogen and oxygen atoms in total. The molecule has 0 aliphatic rings. The fraction of sp³-hybridized carbons (Fsp3) is 0.636. The van der Waals surface area contributed by atoms with Crippen molar-refractivity contribution in [3.05, 3.63) is 11.9 Å². The fourth-order valence-electron chi connectivity index (χ4n) is 1.63. The molecule has 0 bridgehead atoms. The van der Waals surface area contributed by atoms with Crippen LogP contribution in [0.15, 0.2) is 6.33 Å². The van der Waals surface area contributed by atoms with Crippen LogP contribution in [0.1, 0.15) is 19.4 Å². The van der Waals surface area contributed by atoms with Crippen molar-refractivity contribution in [3.8, 4) is 0 Å². The summed E-state index contributed by atoms with van der Waals surface area (Å²) in [6.07, 6.45) is 2.34. The molecule has 0 aromatic carbocycles. The van der Waals surface area contributed by atoms with E-state index in [1.165, 1.54) is 6.33 Å². The highest BCUT2D eigenvalue weighted by atomic mass is 16.5. The second kappa shape index (κ2) is 7.03. The zero-order chi connectivity index (χ0) is 12.7. The predicted molar refractivity (Wildman–Crippen MR) is 69.0 cm³/mol. The zero-order valence-corrected chi connectivity index (χ0v) is 10.7. The van der Waals surface area contributed by atoms with Gasteiger partial charge in [-0.15, -0.1) is 0 Å². The van der Waals surface area contributed by atoms with E-state index in [2.05, 4.69) is 27.2 Å². The lowest BCUT2D eigenvalue weighted by Gasteiger charge is -2.21. The van der Waals surface area contributed by atoms with Crippen LogP contribution in [0, 0.1) is 0 Å². The van der Waals surface area contributed by atoms with Crippen LogP contribution in [0.3, 0.4) is 0 Å². The van der Waals surface area contributed by atoms with E-state index in [1.807, 2.05) is 14.0 Å². The van der Waals surface area contributed by atoms with Gasteiger partial charge in [-0.2, -0.15) is 0 Å². The van der Waals surface area contributed by atoms with Crippen LogP contribution in [-0.2, 0) is 11.2 Å². The Labute approximate surface area is 102 Å². The first-order chi connectivity index (χ1) is 8.24. The van der Waals surface area contributed by atoms with E-state index in [0.717, 1.165) is 31.0 Å². The molecule has 0 spiro atoms. The number of nitrogen functional groups attached to an aromatic ring is 1. The molecule has 3 N–H and O–H groups in total. The minimum absolute atomic E-state index is 0.681. The van der Waals surface area contributed by atoms with Crippen LogP contribution in [0.4, 0.5) is 11.6 Å². The van der Waals surface area contributed by atoms with Gasteiger partial charge in [0.2, 0.25) is 0 Å². The first-order valence-electron chi connectivity index (χ1n) is 5.83. The Hall–Kier alpha value is -1.40. The maximum Gasteiger partial charge on any atom is 0.148 e. The molecule has 0 saturated heterocycles. The van der Waals surface area contributed by atoms with Crippen LogP contribution in [0.5, 0.6) is 0 Å². The summed E-state index contributed by atoms with van der Waals surface area (Å²) >= 11 is 0. The van der Waals surface area contributed by atoms with Crippen molar-refractivity contribution in [1.29, 1.82) is 0 Å². The molecule has 6 heteroatoms. The molecule has 17 heavy (non-hydrogen) atoms. The van der Waals surface area contributed by atoms with E-state index in [1.54, 1.807) is 0 Å². The molecule has 1 heterocycles. The van der Waals surface area contributed by atoms with Crippen molar-refractivity contribution in [2.24, 2.45) is 5.84 Å². The SMILES string of the molecule is CCOCCN(C)c1ncnc(NN)c1CC. The van der Waals surface area contributed by atoms with Crippen molar-refractivity contribution in [2.45, 2.75) is 20.3 Å². The molecular formula is C11H21N5O. The minimum atomic E-state index is 0.681. The second-order valence-corrected chi connectivity index (χ2v) is 3.64. The van der Waals surface area contributed by atoms with Crippen molar-refractivity contribution in [2.75, 3.05) is 37.1 Å². The van der Waals surface area contributed by atoms with Gasteiger partial charge < -0.3 is 15.1 Å². The van der Waals surface area contributed by atoms with Gasteiger partial charge in [0.25, 0.3) is 0 Å². The van der Waals surface area contributed by atoms with E-state index in [0.29, 0.717) is 12.4 Å². The third-order valence-electron chi connectivity index (χ3n) is 2.55. The molecule has 0 aliphatic carbocycles. The first-order valence-corrected chi connectivity index (χ1v) is 5.83. The third-order valence-corrected chi connectivity index (χ3v) is 2.55. The number of anilines is 2. The largest absolute Gasteiger partial charge is 0.380 e. The number of rotatable bonds is 7. The number of hydrazine groups is 1. The summed E-state index contributed by atoms with van der Waals surface area (Å²) in [7, 11) is 1.99. The van der Waals surface area contributed by atoms with E-state index < -0.39 is 0 Å². The highest BCUT2D eigenvalue weighted by molar-refractivity contribution is 5.57. The third kappa shape index (κ3) is 3.54. The number of hydrogen-bond acceptors (Lipinski definition) is 6. The highest BCUT2D eigenvalue weighted by Crippen LogP contribution is 2.22. The number of aromatic nitrogens is 2. The second-order valence-electron chi connectivity index (χ2n) is 3.64. The molecule has 0 radical (unpaired) electrons. The normalized spacial score (nSPS) is 10.4. The number of nitrogens with one attached hydrogen (secondary N) is 1. The summed E-state index contributed by atoms with van der Waals surface area (Å²) in [6.45, 7) is 6.25. The Balaban J connectivity index is 2.81. The van der Waals surface area contributed by atoms with Crippen molar-refractivity contribution in [3.63, 3.8) is 0 Å². The number of nitrogens with zero attached hydrogens (tertiary/aromatic N) is 3. The average Bonchev–Trinajstić information content (AvgIpc) is 2.37. The molecule has 1 aromatic heterocycles. The molecule has 0 atom stereocenters. The monoisotopic (exact) mass is 239 g/mol. The Kier molecular flexibility index (Phi) is 5.65. The zero-order valence-electron chi connectivity index (χ0n) is 10.7. The van der Waals surface area contributed by atoms with Gasteiger partial charge in [0, 0.05) is 25.8 Å². The van der Waals surface area contributed by atoms with Crippen molar-refractivity contribution in [1.82, 2.24) is 9.97 Å². The Morgan fingerprint density at radius 2 is 2.18 bits per heavy atom. The van der Waals surface area contributed by atoms with E-state index in [4.69, 9.17) is 10.6 Å². The number of nitrogens with two attached hydrogens (primary N) is 1. The Morgan fingerprint density at radius 1 is 1.41 bits per heavy atom. The summed E-state index contributed by atoms with van der Waals surface area (Å²) in [5.41, 5.74) is 3.62. The summed E-state index contributed by atoms with van der Waals surface area (Å²) in [5, 5.41) is 0. The van der Waals surface area contributed by atoms with Gasteiger partial charge in [-0.1, -0.05) is 6.92 Å². The van der Waals surface area contributed by atoms with Crippen LogP contribution < -0.4 is 16.2 Å². The summed E-state index contributed by atoms with van der Waals surface area (Å²) in [5.74, 6) is 7.01. The Bertz CT molecular complexity index is 345. The number of hydrogen-bond donors (Lipinski definition) is 2. The maximum atomic E-state index is 5.43. The smallest absolute Gasteiger partial charge is 0.148 e. The number of ether oxygens (including phenoxy) is 1. The minimum Gasteiger partial charge on any atom is -0.380 e. The van der Waals surface area contributed by atoms with E-state index in [9.17, 15) is 0 Å². The summed E-state index contributed by atoms with van der Waals surface area (Å²) in [4.78, 5) is 10.5. The summed E-state index contributed by atoms with van der Waals surface area (Å²) < 4.78 is 5.33. The van der Waals surface area contributed by atoms with E-state index >= 15 is 0 Å². The Morgan fingerprint density at radius 3 is 2.76 bits per heavy atom. The topological polar surface area (TPSA) is 76.3 Å². The molecule has 1 aromatic rings. The molecule has 0 amide bonds. The molecule has 0 unspecified atom stereocenters. The average molecular weight is 239 g/mol. The van der Waals surface area contributed by atoms with Crippen LogP contribution >= 0.6 is 0 Å². The molecule has 0 fully saturated rings. The van der Waals surface area contributed by atoms with Gasteiger partial charge in [-0.05, 0) is 13.3 Å². The standard InChI is InChI=1S/C11H21N5O/c1-4-9-10(15-12)13-8-14-11(9)16(3)6-7-17-5-2/h8H,4-7,12H2,1-3H3,(H,13,14,15). The van der Waals surface area contributed by atoms with Crippen LogP contribution in [0.2, 0.25) is 0 Å². The number of likely N-dealkylation sites (N-methyl/N-ethyl adjacent to an activating group) is 1. The van der Waals surface area contributed by atoms with Gasteiger partial charge in [0.05, 0.1) is 6.61 Å². The first kappa shape index (κ1) is 13.7. The van der Waals surface area contributed by atoms with E-state index in [-0.39, 0.29) is 0 Å². The summed E-state index contributed by atoms with van der Waals surface area (Å²) in [6, 6.07) is 0. The van der Waals surface area contributed by atoms with Crippen molar-refractivity contribution >= 4 is 11.6 Å². The highest BCUT2D eigenvalue weighted by Gasteiger charge is 2.12. The van der Waals surface area contributed by atoms with Gasteiger partial charge in [0.1, 0.15) is 18.0 Å². The molecule has 0 aliphatic heterocycles. The lowest BCUT2D eigenvalue weighted by atomic mass is 10.2. The predicted octanol–water partition coefficient (Wildman–Crippen LogP) is 0.797. The van der Waals surface area contributed by atoms with Crippen molar-refractivity contribution < 1.29 is 4.74 Å². The van der Waals surface area contributed by atoms with Crippen LogP contribution in [-0.4, -0.2) is 36.8 Å². The fourth-order valence-corrected chi connectivity index (χ4v) is 1.63. The van der Waals surface area contributed by atoms with Gasteiger partial charge in [-0.3, -0.25) is 0 Å². The lowest BCUT2D eigenvalue weighted by Crippen LogP contribution is -2.25. The molecule has 1 rings (SSSR count). The molecule has 96 valence electrons.